The number of carbonyl (C=O) groups excluding carboxylic acids is 1. The van der Waals surface area contributed by atoms with Crippen molar-refractivity contribution in [3.63, 3.8) is 0 Å². The minimum Gasteiger partial charge on any atom is -0.465 e. The van der Waals surface area contributed by atoms with E-state index in [9.17, 15) is 13.2 Å². The van der Waals surface area contributed by atoms with Crippen LogP contribution in [-0.4, -0.2) is 45.4 Å². The largest absolute Gasteiger partial charge is 0.465 e. The number of esters is 1. The van der Waals surface area contributed by atoms with Crippen LogP contribution in [0.2, 0.25) is 0 Å². The van der Waals surface area contributed by atoms with Crippen LogP contribution >= 0.6 is 23.7 Å². The Morgan fingerprint density at radius 3 is 2.45 bits per heavy atom. The lowest BCUT2D eigenvalue weighted by atomic mass is 9.83. The fraction of sp³-hybridized carbons (Fsp3) is 0.370. The van der Waals surface area contributed by atoms with Crippen LogP contribution in [0.3, 0.4) is 0 Å². The molecule has 0 spiro atoms. The van der Waals surface area contributed by atoms with E-state index in [1.54, 1.807) is 7.05 Å². The predicted molar refractivity (Wildman–Crippen MR) is 151 cm³/mol. The number of benzene rings is 2. The monoisotopic (exact) mass is 579 g/mol. The van der Waals surface area contributed by atoms with Gasteiger partial charge in [0.2, 0.25) is 10.0 Å². The van der Waals surface area contributed by atoms with Crippen LogP contribution < -0.4 is 10.6 Å². The second kappa shape index (κ2) is 11.2. The molecule has 1 saturated carbocycles. The molecule has 0 unspecified atom stereocenters. The number of fused-ring (bicyclic) bond motifs is 1. The Labute approximate surface area is 232 Å². The van der Waals surface area contributed by atoms with Crippen molar-refractivity contribution >= 4 is 56.8 Å². The number of hydrogen-bond acceptors (Lipinski definition) is 7. The normalized spacial score (nSPS) is 19.8. The van der Waals surface area contributed by atoms with Gasteiger partial charge in [-0.25, -0.2) is 17.6 Å². The van der Waals surface area contributed by atoms with E-state index in [1.165, 1.54) is 29.6 Å². The quantitative estimate of drug-likeness (QED) is 0.377. The first-order chi connectivity index (χ1) is 17.7. The molecule has 0 bridgehead atoms. The average Bonchev–Trinajstić information content (AvgIpc) is 3.27. The Balaban J connectivity index is 0.00000336. The van der Waals surface area contributed by atoms with Crippen molar-refractivity contribution < 1.29 is 22.3 Å². The molecule has 7 nitrogen and oxygen atoms in total. The van der Waals surface area contributed by atoms with Gasteiger partial charge < -0.3 is 15.4 Å². The summed E-state index contributed by atoms with van der Waals surface area (Å²) in [6.07, 6.45) is 5.25. The number of nitrogens with two attached hydrogens (primary N) is 1. The lowest BCUT2D eigenvalue weighted by Crippen LogP contribution is -2.46. The number of ether oxygens (including phenoxy) is 1. The number of thiophene rings is 1. The number of methoxy groups -OCH3 is 1. The molecule has 0 saturated heterocycles. The summed E-state index contributed by atoms with van der Waals surface area (Å²) in [5, 5.41) is 0. The van der Waals surface area contributed by atoms with Crippen LogP contribution in [0.5, 0.6) is 0 Å². The summed E-state index contributed by atoms with van der Waals surface area (Å²) >= 11 is 0.975. The molecule has 11 heteroatoms. The Kier molecular flexibility index (Phi) is 8.37. The van der Waals surface area contributed by atoms with Crippen molar-refractivity contribution in [2.45, 2.75) is 43.0 Å². The molecule has 1 atom stereocenters. The van der Waals surface area contributed by atoms with Crippen molar-refractivity contribution in [1.82, 2.24) is 4.31 Å². The van der Waals surface area contributed by atoms with Gasteiger partial charge in [-0.05, 0) is 49.1 Å². The zero-order chi connectivity index (χ0) is 26.3. The number of hydrogen-bond donors (Lipinski definition) is 1. The van der Waals surface area contributed by atoms with E-state index in [0.29, 0.717) is 17.1 Å². The number of nitrogen functional groups attached to an aromatic ring is 1. The maximum absolute atomic E-state index is 15.7. The summed E-state index contributed by atoms with van der Waals surface area (Å²) in [4.78, 5) is 14.5. The number of para-hydroxylation sites is 1. The summed E-state index contributed by atoms with van der Waals surface area (Å²) in [6, 6.07) is 13.4. The minimum absolute atomic E-state index is 0. The molecule has 1 aliphatic heterocycles. The van der Waals surface area contributed by atoms with E-state index in [1.807, 2.05) is 35.2 Å². The Morgan fingerprint density at radius 1 is 1.11 bits per heavy atom. The molecule has 204 valence electrons. The minimum atomic E-state index is -3.96. The van der Waals surface area contributed by atoms with Gasteiger partial charge in [0.1, 0.15) is 15.6 Å². The number of likely N-dealkylation sites (N-methyl/N-ethyl adjacent to an activating group) is 1. The third-order valence-electron chi connectivity index (χ3n) is 7.49. The molecule has 1 aliphatic carbocycles. The second-order valence-corrected chi connectivity index (χ2v) is 12.6. The van der Waals surface area contributed by atoms with Gasteiger partial charge in [0, 0.05) is 35.8 Å². The molecule has 1 aromatic heterocycles. The summed E-state index contributed by atoms with van der Waals surface area (Å²) in [6.45, 7) is 0.425. The van der Waals surface area contributed by atoms with Crippen LogP contribution in [-0.2, 0) is 14.8 Å². The Bertz CT molecular complexity index is 1430. The van der Waals surface area contributed by atoms with Gasteiger partial charge >= 0.3 is 5.97 Å². The molecule has 5 rings (SSSR count). The maximum atomic E-state index is 15.7. The summed E-state index contributed by atoms with van der Waals surface area (Å²) in [5.74, 6) is -0.994. The van der Waals surface area contributed by atoms with Gasteiger partial charge in [-0.3, -0.25) is 0 Å². The van der Waals surface area contributed by atoms with E-state index in [-0.39, 0.29) is 45.4 Å². The van der Waals surface area contributed by atoms with Crippen molar-refractivity contribution in [2.75, 3.05) is 31.3 Å². The smallest absolute Gasteiger partial charge is 0.350 e. The third kappa shape index (κ3) is 5.02. The maximum Gasteiger partial charge on any atom is 0.350 e. The molecule has 1 fully saturated rings. The van der Waals surface area contributed by atoms with E-state index >= 15 is 4.39 Å². The highest BCUT2D eigenvalue weighted by atomic mass is 35.5. The second-order valence-electron chi connectivity index (χ2n) is 9.62. The number of halogens is 2. The van der Waals surface area contributed by atoms with Crippen LogP contribution in [0.4, 0.5) is 21.5 Å². The van der Waals surface area contributed by atoms with Gasteiger partial charge in [-0.2, -0.15) is 4.31 Å². The fourth-order valence-corrected chi connectivity index (χ4v) is 8.11. The highest BCUT2D eigenvalue weighted by Crippen LogP contribution is 2.44. The van der Waals surface area contributed by atoms with E-state index < -0.39 is 21.8 Å². The number of anilines is 3. The zero-order valence-corrected chi connectivity index (χ0v) is 23.7. The van der Waals surface area contributed by atoms with Gasteiger partial charge in [0.25, 0.3) is 0 Å². The summed E-state index contributed by atoms with van der Waals surface area (Å²) in [5.41, 5.74) is 7.33. The number of carbonyl (C=O) groups is 1. The SMILES string of the molecule is COC(=O)c1sc(-c2cc3c(cc2F)N(c2ccccc2)C[C@@H](C2CCCCC2)N(C)S3(=O)=O)cc1N.Cl. The third-order valence-corrected chi connectivity index (χ3v) is 10.6. The highest BCUT2D eigenvalue weighted by molar-refractivity contribution is 7.89. The van der Waals surface area contributed by atoms with Gasteiger partial charge in [0.15, 0.2) is 0 Å². The highest BCUT2D eigenvalue weighted by Gasteiger charge is 2.41. The van der Waals surface area contributed by atoms with Crippen molar-refractivity contribution in [3.05, 3.63) is 59.2 Å². The van der Waals surface area contributed by atoms with Crippen LogP contribution in [0.25, 0.3) is 10.4 Å². The molecule has 2 aliphatic rings. The number of sulfonamides is 1. The van der Waals surface area contributed by atoms with Crippen molar-refractivity contribution in [1.29, 1.82) is 0 Å². The van der Waals surface area contributed by atoms with Crippen LogP contribution in [0.1, 0.15) is 41.8 Å². The molecule has 0 radical (unpaired) electrons. The lowest BCUT2D eigenvalue weighted by molar-refractivity contribution is 0.0607. The molecule has 38 heavy (non-hydrogen) atoms. The zero-order valence-electron chi connectivity index (χ0n) is 21.2. The molecule has 2 heterocycles. The summed E-state index contributed by atoms with van der Waals surface area (Å²) < 4.78 is 50.1. The predicted octanol–water partition coefficient (Wildman–Crippen LogP) is 6.07. The Morgan fingerprint density at radius 2 is 1.79 bits per heavy atom. The van der Waals surface area contributed by atoms with E-state index in [0.717, 1.165) is 49.1 Å². The number of rotatable bonds is 4. The van der Waals surface area contributed by atoms with Crippen LogP contribution in [0.15, 0.2) is 53.4 Å². The fourth-order valence-electron chi connectivity index (χ4n) is 5.49. The molecule has 0 amide bonds. The standard InChI is InChI=1S/C27H30FN3O4S2.ClH/c1-30-23(17-9-5-3-6-10-17)16-31(18-11-7-4-8-12-18)22-14-20(28)19(13-25(22)37(30,33)34)24-15-21(29)26(36-24)27(32)35-2;/h4,7-8,11-15,17,23H,3,5-6,9-10,16,29H2,1-2H3;1H/t23-;/m0./s1. The first kappa shape index (κ1) is 28.4. The first-order valence-corrected chi connectivity index (χ1v) is 14.6. The van der Waals surface area contributed by atoms with Crippen molar-refractivity contribution in [2.24, 2.45) is 5.92 Å². The molecule has 2 N–H and O–H groups in total. The summed E-state index contributed by atoms with van der Waals surface area (Å²) in [7, 11) is -1.08. The Hall–Kier alpha value is -2.66. The first-order valence-electron chi connectivity index (χ1n) is 12.3. The van der Waals surface area contributed by atoms with E-state index in [4.69, 9.17) is 10.5 Å². The molecular weight excluding hydrogens is 549 g/mol. The molecular formula is C27H31ClFN3O4S2. The molecule has 3 aromatic rings. The van der Waals surface area contributed by atoms with Gasteiger partial charge in [-0.15, -0.1) is 23.7 Å². The lowest BCUT2D eigenvalue weighted by Gasteiger charge is -2.36. The van der Waals surface area contributed by atoms with Gasteiger partial charge in [0.05, 0.1) is 18.5 Å². The topological polar surface area (TPSA) is 92.9 Å². The average molecular weight is 580 g/mol. The number of nitrogens with zero attached hydrogens (tertiary/aromatic N) is 2. The van der Waals surface area contributed by atoms with Gasteiger partial charge in [-0.1, -0.05) is 37.5 Å². The van der Waals surface area contributed by atoms with Crippen molar-refractivity contribution in [3.8, 4) is 10.4 Å². The van der Waals surface area contributed by atoms with Crippen LogP contribution in [0, 0.1) is 11.7 Å². The van der Waals surface area contributed by atoms with E-state index in [2.05, 4.69) is 0 Å². The molecule has 2 aromatic carbocycles.